The second-order valence-corrected chi connectivity index (χ2v) is 18.2. The summed E-state index contributed by atoms with van der Waals surface area (Å²) in [6, 6.07) is 40.1. The summed E-state index contributed by atoms with van der Waals surface area (Å²) < 4.78 is 12.2. The molecule has 1 fully saturated rings. The van der Waals surface area contributed by atoms with Gasteiger partial charge in [0.2, 0.25) is 5.91 Å². The highest BCUT2D eigenvalue weighted by Crippen LogP contribution is 2.43. The summed E-state index contributed by atoms with van der Waals surface area (Å²) in [6.45, 7) is -0.168. The Morgan fingerprint density at radius 2 is 1.54 bits per heavy atom. The van der Waals surface area contributed by atoms with Crippen LogP contribution in [0, 0.1) is 0 Å². The predicted octanol–water partition coefficient (Wildman–Crippen LogP) is 8.38. The molecule has 0 saturated carbocycles. The number of azo groups is 1. The van der Waals surface area contributed by atoms with Crippen LogP contribution < -0.4 is 21.0 Å². The van der Waals surface area contributed by atoms with E-state index in [1.165, 1.54) is 52.7 Å². The van der Waals surface area contributed by atoms with Gasteiger partial charge in [-0.05, 0) is 89.5 Å². The van der Waals surface area contributed by atoms with Crippen molar-refractivity contribution >= 4 is 75.4 Å². The van der Waals surface area contributed by atoms with Crippen LogP contribution in [-0.4, -0.2) is 82.2 Å². The SMILES string of the molecule is CN(C)c1ccc(N=Nc2ccc(SCC3=C(C(=O)OC(c4ccccc4)c4ccccc4)N4C(=O)C(NC(=O)CCNC(=O)c5c6oc7cc(O)ccc7nc-6ccc5=O)C4SC3)cc2)cc1. The molecule has 9 rings (SSSR count). The number of phenolic OH excluding ortho intramolecular Hbond substituents is 1. The summed E-state index contributed by atoms with van der Waals surface area (Å²) in [5.41, 5.74) is 4.75. The number of anilines is 1. The molecule has 0 aromatic heterocycles. The number of benzene rings is 6. The fraction of sp³-hybridized carbons (Fsp3) is 0.176. The summed E-state index contributed by atoms with van der Waals surface area (Å²) in [4.78, 5) is 77.0. The lowest BCUT2D eigenvalue weighted by atomic mass is 10.0. The van der Waals surface area contributed by atoms with E-state index in [9.17, 15) is 29.1 Å². The molecule has 3 amide bonds. The minimum absolute atomic E-state index is 0.0650. The van der Waals surface area contributed by atoms with Gasteiger partial charge >= 0.3 is 5.97 Å². The number of ether oxygens (including phenoxy) is 1. The third kappa shape index (κ3) is 9.84. The number of rotatable bonds is 15. The van der Waals surface area contributed by atoms with Crippen LogP contribution in [0.3, 0.4) is 0 Å². The van der Waals surface area contributed by atoms with Gasteiger partial charge in [0.15, 0.2) is 22.9 Å². The molecule has 3 N–H and O–H groups in total. The lowest BCUT2D eigenvalue weighted by Gasteiger charge is -2.50. The molecule has 0 spiro atoms. The summed E-state index contributed by atoms with van der Waals surface area (Å²) in [5, 5.41) is 23.5. The minimum Gasteiger partial charge on any atom is -0.508 e. The van der Waals surface area contributed by atoms with Crippen LogP contribution in [0.4, 0.5) is 17.1 Å². The molecule has 342 valence electrons. The number of amides is 3. The number of phenols is 1. The van der Waals surface area contributed by atoms with E-state index < -0.39 is 46.6 Å². The van der Waals surface area contributed by atoms with E-state index >= 15 is 0 Å². The van der Waals surface area contributed by atoms with Gasteiger partial charge in [-0.25, -0.2) is 9.78 Å². The quantitative estimate of drug-likeness (QED) is 0.0293. The van der Waals surface area contributed by atoms with Gasteiger partial charge in [-0.1, -0.05) is 60.7 Å². The van der Waals surface area contributed by atoms with Gasteiger partial charge in [-0.15, -0.1) is 23.5 Å². The Morgan fingerprint density at radius 1 is 0.882 bits per heavy atom. The van der Waals surface area contributed by atoms with Crippen molar-refractivity contribution in [2.45, 2.75) is 28.8 Å². The smallest absolute Gasteiger partial charge is 0.356 e. The van der Waals surface area contributed by atoms with Crippen LogP contribution in [0.15, 0.2) is 175 Å². The standard InChI is InChI=1S/C51H43N7O8S2/c1-57(2)35-17-13-33(14-18-35)55-56-34-15-20-37(21-16-34)67-28-32-29-68-50-44(49(63)58(50)45(32)51(64)66-46(30-9-5-3-6-10-30)31-11-7-4-8-12-31)54-42(61)25-26-52-48(62)43-40(60)24-23-39-47(43)65-41-27-36(59)19-22-38(41)53-39/h3-24,27,44,46,50,59H,25-26,28-29H2,1-2H3,(H,52,62)(H,54,61). The monoisotopic (exact) mass is 945 g/mol. The number of hydrogen-bond donors (Lipinski definition) is 3. The van der Waals surface area contributed by atoms with Crippen molar-refractivity contribution in [1.29, 1.82) is 0 Å². The lowest BCUT2D eigenvalue weighted by molar-refractivity contribution is -0.154. The van der Waals surface area contributed by atoms with Crippen LogP contribution in [0.2, 0.25) is 0 Å². The highest BCUT2D eigenvalue weighted by atomic mass is 32.2. The topological polar surface area (TPSA) is 196 Å². The van der Waals surface area contributed by atoms with E-state index in [1.807, 2.05) is 128 Å². The van der Waals surface area contributed by atoms with E-state index in [4.69, 9.17) is 9.15 Å². The Morgan fingerprint density at radius 3 is 2.21 bits per heavy atom. The largest absolute Gasteiger partial charge is 0.508 e. The zero-order chi connectivity index (χ0) is 47.3. The number of fused-ring (bicyclic) bond motifs is 3. The summed E-state index contributed by atoms with van der Waals surface area (Å²) in [7, 11) is 3.95. The molecule has 0 radical (unpaired) electrons. The van der Waals surface area contributed by atoms with E-state index in [-0.39, 0.29) is 47.0 Å². The predicted molar refractivity (Wildman–Crippen MR) is 260 cm³/mol. The van der Waals surface area contributed by atoms with Crippen molar-refractivity contribution in [3.8, 4) is 17.2 Å². The van der Waals surface area contributed by atoms with Crippen LogP contribution >= 0.6 is 23.5 Å². The van der Waals surface area contributed by atoms with Gasteiger partial charge in [0.05, 0.1) is 11.4 Å². The molecule has 0 bridgehead atoms. The van der Waals surface area contributed by atoms with Crippen LogP contribution in [0.1, 0.15) is 34.0 Å². The molecule has 3 heterocycles. The number of hydrogen-bond acceptors (Lipinski definition) is 14. The molecule has 2 atom stereocenters. The van der Waals surface area contributed by atoms with E-state index in [0.717, 1.165) is 27.4 Å². The maximum absolute atomic E-state index is 14.5. The maximum atomic E-state index is 14.5. The number of carbonyl (C=O) groups is 4. The molecular formula is C51H43N7O8S2. The number of aromatic nitrogens is 1. The first-order chi connectivity index (χ1) is 33.0. The number of thioether (sulfide) groups is 2. The molecular weight excluding hydrogens is 903 g/mol. The second-order valence-electron chi connectivity index (χ2n) is 16.1. The van der Waals surface area contributed by atoms with E-state index in [0.29, 0.717) is 28.3 Å². The first-order valence-corrected chi connectivity index (χ1v) is 23.6. The molecule has 2 unspecified atom stereocenters. The van der Waals surface area contributed by atoms with Crippen LogP contribution in [0.25, 0.3) is 22.6 Å². The fourth-order valence-corrected chi connectivity index (χ4v) is 10.1. The highest BCUT2D eigenvalue weighted by Gasteiger charge is 2.54. The Kier molecular flexibility index (Phi) is 13.4. The van der Waals surface area contributed by atoms with Gasteiger partial charge in [-0.3, -0.25) is 24.1 Å². The Labute approximate surface area is 398 Å². The van der Waals surface area contributed by atoms with Crippen LogP contribution in [-0.2, 0) is 19.1 Å². The highest BCUT2D eigenvalue weighted by molar-refractivity contribution is 8.01. The number of carbonyl (C=O) groups excluding carboxylic acids is 4. The molecule has 5 aromatic carbocycles. The van der Waals surface area contributed by atoms with Crippen molar-refractivity contribution in [1.82, 2.24) is 20.5 Å². The average molecular weight is 946 g/mol. The van der Waals surface area contributed by atoms with Crippen LogP contribution in [0.5, 0.6) is 5.75 Å². The third-order valence-corrected chi connectivity index (χ3v) is 13.7. The average Bonchev–Trinajstić information content (AvgIpc) is 3.35. The lowest BCUT2D eigenvalue weighted by Crippen LogP contribution is -2.70. The van der Waals surface area contributed by atoms with E-state index in [1.54, 1.807) is 6.07 Å². The zero-order valence-electron chi connectivity index (χ0n) is 36.7. The van der Waals surface area contributed by atoms with Crippen molar-refractivity contribution in [3.05, 3.63) is 178 Å². The number of aromatic hydroxyl groups is 1. The molecule has 1 aliphatic carbocycles. The molecule has 4 aliphatic rings. The number of β-lactam (4-membered cyclic amide) rings is 1. The second kappa shape index (κ2) is 20.0. The summed E-state index contributed by atoms with van der Waals surface area (Å²) in [5.74, 6) is -1.84. The summed E-state index contributed by atoms with van der Waals surface area (Å²) >= 11 is 2.93. The number of nitrogens with zero attached hydrogens (tertiary/aromatic N) is 5. The van der Waals surface area contributed by atoms with Gasteiger partial charge < -0.3 is 29.8 Å². The van der Waals surface area contributed by atoms with Crippen molar-refractivity contribution in [2.24, 2.45) is 10.2 Å². The third-order valence-electron chi connectivity index (χ3n) is 11.2. The molecule has 1 saturated heterocycles. The van der Waals surface area contributed by atoms with Crippen molar-refractivity contribution in [3.63, 3.8) is 0 Å². The fourth-order valence-electron chi connectivity index (χ4n) is 7.74. The van der Waals surface area contributed by atoms with Crippen molar-refractivity contribution in [2.75, 3.05) is 37.0 Å². The number of nitrogens with one attached hydrogen (secondary N) is 2. The van der Waals surface area contributed by atoms with Gasteiger partial charge in [-0.2, -0.15) is 10.2 Å². The molecule has 68 heavy (non-hydrogen) atoms. The molecule has 5 aromatic rings. The maximum Gasteiger partial charge on any atom is 0.356 e. The molecule has 17 heteroatoms. The Bertz CT molecular complexity index is 3070. The molecule has 15 nitrogen and oxygen atoms in total. The normalized spacial score (nSPS) is 15.6. The Hall–Kier alpha value is -7.76. The first-order valence-electron chi connectivity index (χ1n) is 21.5. The van der Waals surface area contributed by atoms with Gasteiger partial charge in [0, 0.05) is 55.2 Å². The number of esters is 1. The van der Waals surface area contributed by atoms with E-state index in [2.05, 4.69) is 25.8 Å². The zero-order valence-corrected chi connectivity index (χ0v) is 38.3. The Balaban J connectivity index is 0.889. The summed E-state index contributed by atoms with van der Waals surface area (Å²) in [6.07, 6.45) is -0.983. The van der Waals surface area contributed by atoms with Gasteiger partial charge in [0.1, 0.15) is 39.6 Å². The first kappa shape index (κ1) is 45.4. The van der Waals surface area contributed by atoms with Crippen molar-refractivity contribution < 1.29 is 33.4 Å². The molecule has 3 aliphatic heterocycles. The van der Waals surface area contributed by atoms with Gasteiger partial charge in [0.25, 0.3) is 11.8 Å². The minimum atomic E-state index is -0.951.